The predicted octanol–water partition coefficient (Wildman–Crippen LogP) is 1.87. The summed E-state index contributed by atoms with van der Waals surface area (Å²) in [6.45, 7) is 6.43. The first-order valence-corrected chi connectivity index (χ1v) is 8.58. The molecule has 2 rings (SSSR count). The maximum atomic E-state index is 12.5. The lowest BCUT2D eigenvalue weighted by molar-refractivity contribution is -0.134. The van der Waals surface area contributed by atoms with Crippen LogP contribution in [-0.2, 0) is 9.59 Å². The number of aryl methyl sites for hydroxylation is 2. The summed E-state index contributed by atoms with van der Waals surface area (Å²) in [4.78, 5) is 26.3. The average molecular weight is 405 g/mol. The Labute approximate surface area is 168 Å². The van der Waals surface area contributed by atoms with Gasteiger partial charge in [-0.1, -0.05) is 18.2 Å². The molecule has 1 saturated heterocycles. The van der Waals surface area contributed by atoms with Crippen LogP contribution in [0.5, 0.6) is 0 Å². The number of piperidine rings is 1. The van der Waals surface area contributed by atoms with Crippen molar-refractivity contribution in [3.05, 3.63) is 29.3 Å². The number of nitrogens with two attached hydrogens (primary N) is 1. The SMILES string of the molecule is Cc1cccc(C)c1NCC(=O)N1CCCC(C(=O)NCCN)C1.Cl.Cl. The van der Waals surface area contributed by atoms with Gasteiger partial charge >= 0.3 is 0 Å². The van der Waals surface area contributed by atoms with Crippen molar-refractivity contribution >= 4 is 42.3 Å². The summed E-state index contributed by atoms with van der Waals surface area (Å²) in [6, 6.07) is 6.06. The Kier molecular flexibility index (Phi) is 11.3. The summed E-state index contributed by atoms with van der Waals surface area (Å²) in [6.07, 6.45) is 1.68. The topological polar surface area (TPSA) is 87.5 Å². The van der Waals surface area contributed by atoms with E-state index in [0.717, 1.165) is 29.7 Å². The number of likely N-dealkylation sites (tertiary alicyclic amines) is 1. The van der Waals surface area contributed by atoms with E-state index in [1.807, 2.05) is 32.0 Å². The number of anilines is 1. The number of carbonyl (C=O) groups excluding carboxylic acids is 2. The van der Waals surface area contributed by atoms with Gasteiger partial charge < -0.3 is 21.3 Å². The Hall–Kier alpha value is -1.50. The number of hydrogen-bond donors (Lipinski definition) is 3. The van der Waals surface area contributed by atoms with Gasteiger partial charge in [-0.25, -0.2) is 0 Å². The highest BCUT2D eigenvalue weighted by atomic mass is 35.5. The van der Waals surface area contributed by atoms with Gasteiger partial charge in [-0.05, 0) is 37.8 Å². The lowest BCUT2D eigenvalue weighted by Crippen LogP contribution is -2.47. The maximum absolute atomic E-state index is 12.5. The van der Waals surface area contributed by atoms with Crippen LogP contribution in [0.15, 0.2) is 18.2 Å². The molecule has 0 bridgehead atoms. The molecular weight excluding hydrogens is 375 g/mol. The number of para-hydroxylation sites is 1. The third-order valence-electron chi connectivity index (χ3n) is 4.49. The minimum absolute atomic E-state index is 0. The second-order valence-corrected chi connectivity index (χ2v) is 6.38. The molecule has 0 saturated carbocycles. The summed E-state index contributed by atoms with van der Waals surface area (Å²) in [5.41, 5.74) is 8.68. The highest BCUT2D eigenvalue weighted by Crippen LogP contribution is 2.20. The van der Waals surface area contributed by atoms with E-state index < -0.39 is 0 Å². The number of rotatable bonds is 6. The van der Waals surface area contributed by atoms with Gasteiger partial charge in [0.15, 0.2) is 0 Å². The van der Waals surface area contributed by atoms with Crippen molar-refractivity contribution in [1.29, 1.82) is 0 Å². The van der Waals surface area contributed by atoms with Gasteiger partial charge in [-0.2, -0.15) is 0 Å². The van der Waals surface area contributed by atoms with Crippen molar-refractivity contribution in [3.63, 3.8) is 0 Å². The van der Waals surface area contributed by atoms with Crippen molar-refractivity contribution in [3.8, 4) is 0 Å². The minimum Gasteiger partial charge on any atom is -0.376 e. The lowest BCUT2D eigenvalue weighted by Gasteiger charge is -2.32. The van der Waals surface area contributed by atoms with E-state index in [9.17, 15) is 9.59 Å². The Balaban J connectivity index is 0.00000312. The zero-order valence-electron chi connectivity index (χ0n) is 15.4. The molecular formula is C18H30Cl2N4O2. The second-order valence-electron chi connectivity index (χ2n) is 6.38. The van der Waals surface area contributed by atoms with E-state index in [1.165, 1.54) is 0 Å². The van der Waals surface area contributed by atoms with Gasteiger partial charge in [-0.3, -0.25) is 9.59 Å². The molecule has 1 aromatic rings. The van der Waals surface area contributed by atoms with Gasteiger partial charge in [0.05, 0.1) is 12.5 Å². The van der Waals surface area contributed by atoms with Gasteiger partial charge in [0, 0.05) is 31.9 Å². The molecule has 26 heavy (non-hydrogen) atoms. The van der Waals surface area contributed by atoms with Crippen molar-refractivity contribution in [2.45, 2.75) is 26.7 Å². The first kappa shape index (κ1) is 24.5. The molecule has 0 spiro atoms. The van der Waals surface area contributed by atoms with Crippen molar-refractivity contribution in [1.82, 2.24) is 10.2 Å². The smallest absolute Gasteiger partial charge is 0.241 e. The van der Waals surface area contributed by atoms with Gasteiger partial charge in [0.2, 0.25) is 11.8 Å². The third kappa shape index (κ3) is 6.67. The fraction of sp³-hybridized carbons (Fsp3) is 0.556. The van der Waals surface area contributed by atoms with E-state index in [0.29, 0.717) is 26.2 Å². The van der Waals surface area contributed by atoms with Crippen molar-refractivity contribution in [2.75, 3.05) is 38.0 Å². The molecule has 1 aromatic carbocycles. The quantitative estimate of drug-likeness (QED) is 0.675. The fourth-order valence-corrected chi connectivity index (χ4v) is 3.13. The third-order valence-corrected chi connectivity index (χ3v) is 4.49. The number of carbonyl (C=O) groups is 2. The van der Waals surface area contributed by atoms with Gasteiger partial charge in [0.1, 0.15) is 0 Å². The molecule has 2 amide bonds. The van der Waals surface area contributed by atoms with Gasteiger partial charge in [-0.15, -0.1) is 24.8 Å². The summed E-state index contributed by atoms with van der Waals surface area (Å²) < 4.78 is 0. The molecule has 0 radical (unpaired) electrons. The molecule has 148 valence electrons. The molecule has 1 heterocycles. The lowest BCUT2D eigenvalue weighted by atomic mass is 9.97. The summed E-state index contributed by atoms with van der Waals surface area (Å²) >= 11 is 0. The van der Waals surface area contributed by atoms with Crippen LogP contribution < -0.4 is 16.4 Å². The predicted molar refractivity (Wildman–Crippen MR) is 110 cm³/mol. The van der Waals surface area contributed by atoms with Crippen molar-refractivity contribution < 1.29 is 9.59 Å². The van der Waals surface area contributed by atoms with E-state index in [2.05, 4.69) is 10.6 Å². The number of halogens is 2. The van der Waals surface area contributed by atoms with E-state index >= 15 is 0 Å². The zero-order chi connectivity index (χ0) is 17.5. The monoisotopic (exact) mass is 404 g/mol. The number of nitrogens with zero attached hydrogens (tertiary/aromatic N) is 1. The first-order valence-electron chi connectivity index (χ1n) is 8.58. The zero-order valence-corrected chi connectivity index (χ0v) is 17.0. The molecule has 0 aromatic heterocycles. The minimum atomic E-state index is -0.130. The molecule has 1 fully saturated rings. The highest BCUT2D eigenvalue weighted by molar-refractivity contribution is 5.86. The van der Waals surface area contributed by atoms with Crippen LogP contribution in [0.3, 0.4) is 0 Å². The maximum Gasteiger partial charge on any atom is 0.241 e. The van der Waals surface area contributed by atoms with Crippen LogP contribution in [0, 0.1) is 19.8 Å². The number of benzene rings is 1. The number of hydrogen-bond acceptors (Lipinski definition) is 4. The van der Waals surface area contributed by atoms with E-state index in [4.69, 9.17) is 5.73 Å². The molecule has 1 atom stereocenters. The van der Waals surface area contributed by atoms with Crippen LogP contribution in [0.2, 0.25) is 0 Å². The molecule has 1 aliphatic rings. The standard InChI is InChI=1S/C18H28N4O2.2ClH/c1-13-5-3-6-14(2)17(13)21-11-16(23)22-10-4-7-15(12-22)18(24)20-9-8-19;;/h3,5-6,15,21H,4,7-12,19H2,1-2H3,(H,20,24);2*1H. The van der Waals surface area contributed by atoms with Crippen molar-refractivity contribution in [2.24, 2.45) is 11.7 Å². The van der Waals surface area contributed by atoms with Crippen LogP contribution in [0.25, 0.3) is 0 Å². The van der Waals surface area contributed by atoms with E-state index in [-0.39, 0.29) is 49.1 Å². The largest absolute Gasteiger partial charge is 0.376 e. The van der Waals surface area contributed by atoms with Crippen LogP contribution in [0.1, 0.15) is 24.0 Å². The Bertz CT molecular complexity index is 578. The van der Waals surface area contributed by atoms with Gasteiger partial charge in [0.25, 0.3) is 0 Å². The summed E-state index contributed by atoms with van der Waals surface area (Å²) in [5.74, 6) is -0.0934. The van der Waals surface area contributed by atoms with Crippen LogP contribution in [-0.4, -0.2) is 49.4 Å². The van der Waals surface area contributed by atoms with E-state index in [1.54, 1.807) is 4.90 Å². The Morgan fingerprint density at radius 1 is 1.23 bits per heavy atom. The summed E-state index contributed by atoms with van der Waals surface area (Å²) in [7, 11) is 0. The second kappa shape index (κ2) is 12.0. The Morgan fingerprint density at radius 3 is 2.50 bits per heavy atom. The van der Waals surface area contributed by atoms with Crippen LogP contribution in [0.4, 0.5) is 5.69 Å². The average Bonchev–Trinajstić information content (AvgIpc) is 2.59. The Morgan fingerprint density at radius 2 is 1.88 bits per heavy atom. The molecule has 8 heteroatoms. The highest BCUT2D eigenvalue weighted by Gasteiger charge is 2.28. The number of amides is 2. The summed E-state index contributed by atoms with van der Waals surface area (Å²) in [5, 5.41) is 6.07. The first-order chi connectivity index (χ1) is 11.5. The normalized spacial score (nSPS) is 16.1. The molecule has 1 aliphatic heterocycles. The number of nitrogens with one attached hydrogen (secondary N) is 2. The molecule has 0 aliphatic carbocycles. The molecule has 4 N–H and O–H groups in total. The molecule has 1 unspecified atom stereocenters. The molecule has 6 nitrogen and oxygen atoms in total. The fourth-order valence-electron chi connectivity index (χ4n) is 3.13. The van der Waals surface area contributed by atoms with Crippen LogP contribution >= 0.6 is 24.8 Å².